The maximum absolute atomic E-state index is 13.3. The second-order valence-corrected chi connectivity index (χ2v) is 5.62. The minimum Gasteiger partial charge on any atom is -0.593 e. The number of rotatable bonds is 4. The van der Waals surface area contributed by atoms with E-state index in [0.717, 1.165) is 0 Å². The first-order valence-corrected chi connectivity index (χ1v) is 6.45. The van der Waals surface area contributed by atoms with Crippen LogP contribution in [0.5, 0.6) is 0 Å². The predicted octanol–water partition coefficient (Wildman–Crippen LogP) is 1.98. The molecule has 0 aromatic carbocycles. The molecule has 1 atom stereocenters. The van der Waals surface area contributed by atoms with Gasteiger partial charge in [-0.3, -0.25) is 0 Å². The van der Waals surface area contributed by atoms with Gasteiger partial charge in [0.05, 0.1) is 13.1 Å². The van der Waals surface area contributed by atoms with Crippen LogP contribution in [-0.2, 0) is 11.4 Å². The summed E-state index contributed by atoms with van der Waals surface area (Å²) in [6.45, 7) is -1.03. The number of hydrogen-bond donors (Lipinski definition) is 1. The first-order valence-electron chi connectivity index (χ1n) is 5.34. The van der Waals surface area contributed by atoms with Crippen molar-refractivity contribution in [2.45, 2.75) is 23.3 Å². The second kappa shape index (κ2) is 5.66. The average molecular weight is 352 g/mol. The van der Waals surface area contributed by atoms with Gasteiger partial charge in [0.2, 0.25) is 0 Å². The third-order valence-corrected chi connectivity index (χ3v) is 4.17. The van der Waals surface area contributed by atoms with E-state index >= 15 is 0 Å². The monoisotopic (exact) mass is 352 g/mol. The largest absolute Gasteiger partial charge is 0.593 e. The minimum atomic E-state index is -7.02. The minimum absolute atomic E-state index is 0.0525. The Kier molecular flexibility index (Phi) is 5.03. The van der Waals surface area contributed by atoms with E-state index in [-0.39, 0.29) is 17.4 Å². The first-order chi connectivity index (χ1) is 9.27. The van der Waals surface area contributed by atoms with Crippen molar-refractivity contribution >= 4 is 11.4 Å². The van der Waals surface area contributed by atoms with Crippen LogP contribution < -0.4 is 5.32 Å². The van der Waals surface area contributed by atoms with Gasteiger partial charge >= 0.3 is 23.3 Å². The van der Waals surface area contributed by atoms with Gasteiger partial charge in [-0.15, -0.1) is 13.1 Å². The Balaban J connectivity index is 3.08. The molecule has 0 aromatic rings. The van der Waals surface area contributed by atoms with E-state index in [9.17, 15) is 44.1 Å². The third-order valence-electron chi connectivity index (χ3n) is 2.65. The van der Waals surface area contributed by atoms with Crippen molar-refractivity contribution in [3.8, 4) is 0 Å². The smallest absolute Gasteiger partial charge is 0.497 e. The summed E-state index contributed by atoms with van der Waals surface area (Å²) in [5.74, 6) is -13.9. The fraction of sp³-hybridized carbons (Fsp3) is 1.00. The zero-order valence-electron chi connectivity index (χ0n) is 9.99. The standard InChI is InChI=1S/C8H9F9N2OS/c9-5(10,7(13,14)15)6(11,12)8(16,17)21(20)19-3-1-18-2-4-19/h18H,1-4H2. The summed E-state index contributed by atoms with van der Waals surface area (Å²) in [4.78, 5) is 0. The molecule has 21 heavy (non-hydrogen) atoms. The predicted molar refractivity (Wildman–Crippen MR) is 53.5 cm³/mol. The van der Waals surface area contributed by atoms with Gasteiger partial charge in [-0.2, -0.15) is 30.7 Å². The van der Waals surface area contributed by atoms with E-state index in [2.05, 4.69) is 5.32 Å². The van der Waals surface area contributed by atoms with Crippen LogP contribution in [0.2, 0.25) is 0 Å². The Morgan fingerprint density at radius 2 is 1.24 bits per heavy atom. The zero-order valence-corrected chi connectivity index (χ0v) is 10.8. The van der Waals surface area contributed by atoms with Gasteiger partial charge in [0.15, 0.2) is 0 Å². The van der Waals surface area contributed by atoms with Crippen LogP contribution in [0.25, 0.3) is 0 Å². The van der Waals surface area contributed by atoms with Crippen LogP contribution >= 0.6 is 0 Å². The highest BCUT2D eigenvalue weighted by atomic mass is 32.2. The topological polar surface area (TPSA) is 38.3 Å². The molecular weight excluding hydrogens is 343 g/mol. The molecule has 1 heterocycles. The van der Waals surface area contributed by atoms with Crippen LogP contribution in [0.4, 0.5) is 39.5 Å². The lowest BCUT2D eigenvalue weighted by atomic mass is 10.1. The lowest BCUT2D eigenvalue weighted by Crippen LogP contribution is -2.66. The van der Waals surface area contributed by atoms with Crippen molar-refractivity contribution in [2.24, 2.45) is 0 Å². The quantitative estimate of drug-likeness (QED) is 0.621. The summed E-state index contributed by atoms with van der Waals surface area (Å²) in [6, 6.07) is 0. The van der Waals surface area contributed by atoms with E-state index in [1.165, 1.54) is 0 Å². The molecule has 1 saturated heterocycles. The molecule has 1 aliphatic heterocycles. The molecule has 1 aliphatic rings. The van der Waals surface area contributed by atoms with Crippen molar-refractivity contribution in [2.75, 3.05) is 26.2 Å². The molecule has 0 bridgehead atoms. The summed E-state index contributed by atoms with van der Waals surface area (Å²) in [5.41, 5.74) is 0. The SMILES string of the molecule is [O-][S+](N1CCNCC1)C(F)(F)C(F)(F)C(F)(F)C(F)(F)F. The van der Waals surface area contributed by atoms with Crippen LogP contribution in [0.15, 0.2) is 0 Å². The number of halogens is 9. The van der Waals surface area contributed by atoms with Gasteiger partial charge in [-0.25, -0.2) is 0 Å². The second-order valence-electron chi connectivity index (χ2n) is 4.09. The molecule has 1 fully saturated rings. The van der Waals surface area contributed by atoms with Crippen LogP contribution in [0.3, 0.4) is 0 Å². The van der Waals surface area contributed by atoms with Gasteiger partial charge in [0.25, 0.3) is 0 Å². The van der Waals surface area contributed by atoms with Crippen LogP contribution in [0, 0.1) is 0 Å². The van der Waals surface area contributed by atoms with Crippen molar-refractivity contribution in [3.63, 3.8) is 0 Å². The van der Waals surface area contributed by atoms with E-state index in [0.29, 0.717) is 0 Å². The summed E-state index contributed by atoms with van der Waals surface area (Å²) in [6.07, 6.45) is -6.91. The maximum Gasteiger partial charge on any atom is 0.497 e. The number of alkyl halides is 9. The normalized spacial score (nSPS) is 21.4. The zero-order chi connectivity index (χ0) is 16.7. The highest BCUT2D eigenvalue weighted by molar-refractivity contribution is 7.90. The Labute approximate surface area is 115 Å². The van der Waals surface area contributed by atoms with Crippen molar-refractivity contribution in [1.82, 2.24) is 9.62 Å². The summed E-state index contributed by atoms with van der Waals surface area (Å²) in [7, 11) is 0. The van der Waals surface area contributed by atoms with Crippen LogP contribution in [0.1, 0.15) is 0 Å². The molecule has 126 valence electrons. The lowest BCUT2D eigenvalue weighted by molar-refractivity contribution is -0.382. The molecule has 13 heteroatoms. The number of hydrogen-bond acceptors (Lipinski definition) is 3. The van der Waals surface area contributed by atoms with Gasteiger partial charge in [-0.1, -0.05) is 0 Å². The fourth-order valence-corrected chi connectivity index (χ4v) is 2.63. The molecule has 0 amide bonds. The Hall–Kier alpha value is -0.400. The Morgan fingerprint density at radius 3 is 1.62 bits per heavy atom. The molecule has 1 unspecified atom stereocenters. The molecule has 0 aromatic heterocycles. The molecule has 1 rings (SSSR count). The Bertz CT molecular complexity index is 369. The van der Waals surface area contributed by atoms with E-state index in [1.807, 2.05) is 0 Å². The summed E-state index contributed by atoms with van der Waals surface area (Å²) < 4.78 is 125. The summed E-state index contributed by atoms with van der Waals surface area (Å²) >= 11 is -4.04. The van der Waals surface area contributed by atoms with Gasteiger partial charge in [0.1, 0.15) is 11.4 Å². The molecule has 0 radical (unpaired) electrons. The highest BCUT2D eigenvalue weighted by Gasteiger charge is 2.87. The van der Waals surface area contributed by atoms with Crippen molar-refractivity contribution in [3.05, 3.63) is 0 Å². The van der Waals surface area contributed by atoms with Crippen LogP contribution in [-0.4, -0.2) is 58.3 Å². The maximum atomic E-state index is 13.3. The van der Waals surface area contributed by atoms with Gasteiger partial charge in [-0.05, 0) is 0 Å². The fourth-order valence-electron chi connectivity index (χ4n) is 1.44. The summed E-state index contributed by atoms with van der Waals surface area (Å²) in [5, 5.41) is -3.50. The molecule has 3 nitrogen and oxygen atoms in total. The average Bonchev–Trinajstić information content (AvgIpc) is 2.37. The molecule has 0 aliphatic carbocycles. The first kappa shape index (κ1) is 18.6. The van der Waals surface area contributed by atoms with E-state index in [1.54, 1.807) is 0 Å². The van der Waals surface area contributed by atoms with E-state index < -0.39 is 47.7 Å². The van der Waals surface area contributed by atoms with Crippen molar-refractivity contribution in [1.29, 1.82) is 0 Å². The number of nitrogens with zero attached hydrogens (tertiary/aromatic N) is 1. The highest BCUT2D eigenvalue weighted by Crippen LogP contribution is 2.55. The van der Waals surface area contributed by atoms with E-state index in [4.69, 9.17) is 0 Å². The number of nitrogens with one attached hydrogen (secondary N) is 1. The molecule has 0 spiro atoms. The van der Waals surface area contributed by atoms with Gasteiger partial charge in [0, 0.05) is 13.1 Å². The Morgan fingerprint density at radius 1 is 0.810 bits per heavy atom. The lowest BCUT2D eigenvalue weighted by Gasteiger charge is -2.37. The molecular formula is C8H9F9N2OS. The molecule has 0 saturated carbocycles. The molecule has 1 N–H and O–H groups in total. The van der Waals surface area contributed by atoms with Gasteiger partial charge < -0.3 is 9.87 Å². The number of piperazine rings is 1. The van der Waals surface area contributed by atoms with Crippen molar-refractivity contribution < 1.29 is 44.1 Å². The third kappa shape index (κ3) is 3.05.